The van der Waals surface area contributed by atoms with E-state index in [1.54, 1.807) is 4.57 Å². The number of rotatable bonds is 5. The number of aryl methyl sites for hydroxylation is 2. The van der Waals surface area contributed by atoms with E-state index in [1.165, 1.54) is 0 Å². The number of hydrogen-bond donors (Lipinski definition) is 1. The Balaban J connectivity index is 2.32. The average molecular weight is 358 g/mol. The lowest BCUT2D eigenvalue weighted by molar-refractivity contribution is 0.0273. The molecule has 0 aliphatic carbocycles. The van der Waals surface area contributed by atoms with Gasteiger partial charge >= 0.3 is 0 Å². The lowest BCUT2D eigenvalue weighted by atomic mass is 9.78. The van der Waals surface area contributed by atoms with Gasteiger partial charge in [0, 0.05) is 25.3 Å². The van der Waals surface area contributed by atoms with Crippen LogP contribution in [0.25, 0.3) is 11.0 Å². The minimum Gasteiger partial charge on any atom is -0.486 e. The molecule has 0 amide bonds. The molecule has 5 heteroatoms. The topological polar surface area (TPSA) is 64.4 Å². The van der Waals surface area contributed by atoms with Gasteiger partial charge in [0.2, 0.25) is 0 Å². The molecule has 0 fully saturated rings. The molecule has 0 bridgehead atoms. The van der Waals surface area contributed by atoms with Crippen LogP contribution in [0.4, 0.5) is 0 Å². The van der Waals surface area contributed by atoms with Crippen molar-refractivity contribution in [2.24, 2.45) is 5.92 Å². The van der Waals surface area contributed by atoms with Crippen LogP contribution in [-0.2, 0) is 6.54 Å². The van der Waals surface area contributed by atoms with Crippen molar-refractivity contribution in [3.05, 3.63) is 33.7 Å². The first-order valence-electron chi connectivity index (χ1n) is 9.63. The molecule has 0 unspecified atom stereocenters. The van der Waals surface area contributed by atoms with Crippen LogP contribution in [0.5, 0.6) is 5.75 Å². The Kier molecular flexibility index (Phi) is 5.11. The van der Waals surface area contributed by atoms with Gasteiger partial charge < -0.3 is 9.84 Å². The second-order valence-electron chi connectivity index (χ2n) is 8.17. The fourth-order valence-corrected chi connectivity index (χ4v) is 4.24. The first-order valence-corrected chi connectivity index (χ1v) is 9.63. The summed E-state index contributed by atoms with van der Waals surface area (Å²) >= 11 is 0. The van der Waals surface area contributed by atoms with Gasteiger partial charge in [0.25, 0.3) is 5.56 Å². The van der Waals surface area contributed by atoms with E-state index in [9.17, 15) is 9.90 Å². The van der Waals surface area contributed by atoms with Crippen molar-refractivity contribution >= 4 is 11.0 Å². The average Bonchev–Trinajstić information content (AvgIpc) is 2.54. The molecule has 3 rings (SSSR count). The smallest absolute Gasteiger partial charge is 0.259 e. The van der Waals surface area contributed by atoms with E-state index in [1.807, 2.05) is 32.9 Å². The van der Waals surface area contributed by atoms with Crippen LogP contribution < -0.4 is 10.3 Å². The van der Waals surface area contributed by atoms with Crippen molar-refractivity contribution in [2.45, 2.75) is 71.9 Å². The van der Waals surface area contributed by atoms with Gasteiger partial charge in [0.05, 0.1) is 10.9 Å². The molecule has 142 valence electrons. The molecule has 1 aliphatic heterocycles. The highest BCUT2D eigenvalue weighted by molar-refractivity contribution is 5.84. The maximum atomic E-state index is 13.3. The third-order valence-electron chi connectivity index (χ3n) is 5.38. The Morgan fingerprint density at radius 2 is 2.15 bits per heavy atom. The SMILES string of the molecule is CCn1c(=O)c2c(c3ccc(C)nc31)O[C@@](C)(CCO)C[C@H]2CC(C)C. The summed E-state index contributed by atoms with van der Waals surface area (Å²) in [4.78, 5) is 18.0. The molecule has 1 N–H and O–H groups in total. The van der Waals surface area contributed by atoms with E-state index < -0.39 is 5.60 Å². The van der Waals surface area contributed by atoms with E-state index in [-0.39, 0.29) is 18.1 Å². The summed E-state index contributed by atoms with van der Waals surface area (Å²) in [7, 11) is 0. The normalized spacial score (nSPS) is 22.5. The summed E-state index contributed by atoms with van der Waals surface area (Å²) in [5.74, 6) is 1.28. The minimum absolute atomic E-state index is 0.0183. The molecule has 1 aliphatic rings. The molecule has 26 heavy (non-hydrogen) atoms. The number of aliphatic hydroxyl groups excluding tert-OH is 1. The molecule has 0 saturated carbocycles. The summed E-state index contributed by atoms with van der Waals surface area (Å²) in [5, 5.41) is 10.4. The van der Waals surface area contributed by atoms with Gasteiger partial charge in [-0.3, -0.25) is 9.36 Å². The van der Waals surface area contributed by atoms with E-state index in [0.717, 1.165) is 29.5 Å². The number of aromatic nitrogens is 2. The zero-order chi connectivity index (χ0) is 19.1. The van der Waals surface area contributed by atoms with E-state index >= 15 is 0 Å². The Morgan fingerprint density at radius 3 is 2.77 bits per heavy atom. The molecule has 0 radical (unpaired) electrons. The van der Waals surface area contributed by atoms with Crippen molar-refractivity contribution in [1.82, 2.24) is 9.55 Å². The lowest BCUT2D eigenvalue weighted by Gasteiger charge is -2.40. The summed E-state index contributed by atoms with van der Waals surface area (Å²) in [6.07, 6.45) is 2.24. The molecule has 2 aromatic heterocycles. The molecular formula is C21H30N2O3. The highest BCUT2D eigenvalue weighted by atomic mass is 16.5. The van der Waals surface area contributed by atoms with E-state index in [2.05, 4.69) is 18.8 Å². The highest BCUT2D eigenvalue weighted by Crippen LogP contribution is 2.46. The monoisotopic (exact) mass is 358 g/mol. The standard InChI is InChI=1S/C21H30N2O3/c1-6-23-19-16(8-7-14(4)22-19)18-17(20(23)25)15(11-13(2)3)12-21(5,26-18)9-10-24/h7-8,13,15,24H,6,9-12H2,1-5H3/t15-,21+/m1/s1. The Hall–Kier alpha value is -1.88. The van der Waals surface area contributed by atoms with E-state index in [4.69, 9.17) is 4.74 Å². The molecule has 0 saturated heterocycles. The van der Waals surface area contributed by atoms with Crippen molar-refractivity contribution in [3.63, 3.8) is 0 Å². The van der Waals surface area contributed by atoms with Crippen LogP contribution in [0.2, 0.25) is 0 Å². The van der Waals surface area contributed by atoms with Crippen LogP contribution in [-0.4, -0.2) is 26.9 Å². The van der Waals surface area contributed by atoms with Crippen molar-refractivity contribution in [3.8, 4) is 5.75 Å². The van der Waals surface area contributed by atoms with Gasteiger partial charge in [0.15, 0.2) is 0 Å². The zero-order valence-corrected chi connectivity index (χ0v) is 16.5. The summed E-state index contributed by atoms with van der Waals surface area (Å²) in [5.41, 5.74) is 1.91. The second-order valence-corrected chi connectivity index (χ2v) is 8.17. The molecule has 3 heterocycles. The molecule has 0 spiro atoms. The zero-order valence-electron chi connectivity index (χ0n) is 16.5. The lowest BCUT2D eigenvalue weighted by Crippen LogP contribution is -2.42. The number of fused-ring (bicyclic) bond motifs is 3. The van der Waals surface area contributed by atoms with Crippen LogP contribution in [0.3, 0.4) is 0 Å². The molecule has 5 nitrogen and oxygen atoms in total. The first-order chi connectivity index (χ1) is 12.3. The van der Waals surface area contributed by atoms with Gasteiger partial charge in [-0.2, -0.15) is 0 Å². The number of hydrogen-bond acceptors (Lipinski definition) is 4. The fourth-order valence-electron chi connectivity index (χ4n) is 4.24. The number of nitrogens with zero attached hydrogens (tertiary/aromatic N) is 2. The predicted molar refractivity (Wildman–Crippen MR) is 104 cm³/mol. The summed E-state index contributed by atoms with van der Waals surface area (Å²) in [6, 6.07) is 3.98. The van der Waals surface area contributed by atoms with Gasteiger partial charge in [-0.1, -0.05) is 13.8 Å². The van der Waals surface area contributed by atoms with Gasteiger partial charge in [-0.05, 0) is 57.6 Å². The maximum absolute atomic E-state index is 13.3. The third kappa shape index (κ3) is 3.25. The van der Waals surface area contributed by atoms with Crippen LogP contribution in [0.1, 0.15) is 64.1 Å². The first kappa shape index (κ1) is 18.9. The number of pyridine rings is 2. The molecule has 2 atom stereocenters. The maximum Gasteiger partial charge on any atom is 0.259 e. The largest absolute Gasteiger partial charge is 0.486 e. The number of ether oxygens (including phenoxy) is 1. The molecule has 2 aromatic rings. The van der Waals surface area contributed by atoms with Gasteiger partial charge in [-0.25, -0.2) is 4.98 Å². The fraction of sp³-hybridized carbons (Fsp3) is 0.619. The summed E-state index contributed by atoms with van der Waals surface area (Å²) in [6.45, 7) is 11.0. The van der Waals surface area contributed by atoms with Crippen molar-refractivity contribution in [2.75, 3.05) is 6.61 Å². The van der Waals surface area contributed by atoms with Crippen molar-refractivity contribution in [1.29, 1.82) is 0 Å². The Bertz CT molecular complexity index is 872. The predicted octanol–water partition coefficient (Wildman–Crippen LogP) is 3.78. The van der Waals surface area contributed by atoms with Crippen LogP contribution in [0.15, 0.2) is 16.9 Å². The molecular weight excluding hydrogens is 328 g/mol. The third-order valence-corrected chi connectivity index (χ3v) is 5.38. The number of aliphatic hydroxyl groups is 1. The minimum atomic E-state index is -0.468. The van der Waals surface area contributed by atoms with Crippen LogP contribution >= 0.6 is 0 Å². The Morgan fingerprint density at radius 1 is 1.42 bits per heavy atom. The highest BCUT2D eigenvalue weighted by Gasteiger charge is 2.40. The molecule has 0 aromatic carbocycles. The quantitative estimate of drug-likeness (QED) is 0.883. The second kappa shape index (κ2) is 7.03. The van der Waals surface area contributed by atoms with Gasteiger partial charge in [-0.15, -0.1) is 0 Å². The van der Waals surface area contributed by atoms with Crippen LogP contribution in [0, 0.1) is 12.8 Å². The van der Waals surface area contributed by atoms with Gasteiger partial charge in [0.1, 0.15) is 17.0 Å². The van der Waals surface area contributed by atoms with E-state index in [0.29, 0.717) is 30.3 Å². The van der Waals surface area contributed by atoms with Crippen molar-refractivity contribution < 1.29 is 9.84 Å². The summed E-state index contributed by atoms with van der Waals surface area (Å²) < 4.78 is 8.16. The Labute approximate surface area is 155 Å².